The van der Waals surface area contributed by atoms with E-state index in [-0.39, 0.29) is 12.2 Å². The van der Waals surface area contributed by atoms with E-state index in [0.717, 1.165) is 5.69 Å². The van der Waals surface area contributed by atoms with Gasteiger partial charge in [0.1, 0.15) is 6.17 Å². The van der Waals surface area contributed by atoms with E-state index in [1.165, 1.54) is 66.1 Å². The molecule has 266 valence electrons. The van der Waals surface area contributed by atoms with Gasteiger partial charge in [-0.1, -0.05) is 164 Å². The van der Waals surface area contributed by atoms with Gasteiger partial charge in [0.25, 0.3) is 0 Å². The molecule has 7 aromatic carbocycles. The first-order valence-corrected chi connectivity index (χ1v) is 18.7. The fraction of sp³-hybridized carbons (Fsp3) is 0.0980. The van der Waals surface area contributed by atoms with Gasteiger partial charge < -0.3 is 9.88 Å². The van der Waals surface area contributed by atoms with Crippen molar-refractivity contribution in [2.24, 2.45) is 0 Å². The Hall–Kier alpha value is -6.42. The third-order valence-electron chi connectivity index (χ3n) is 9.96. The Morgan fingerprint density at radius 1 is 0.556 bits per heavy atom. The molecule has 3 nitrogen and oxygen atoms in total. The highest BCUT2D eigenvalue weighted by molar-refractivity contribution is 6.09. The molecule has 1 aromatic heterocycles. The molecule has 2 atom stereocenters. The summed E-state index contributed by atoms with van der Waals surface area (Å²) in [5.41, 5.74) is 11.0. The van der Waals surface area contributed by atoms with Crippen molar-refractivity contribution >= 4 is 38.3 Å². The number of allylic oxidation sites excluding steroid dienone is 5. The molecule has 1 aliphatic heterocycles. The molecule has 8 aromatic rings. The van der Waals surface area contributed by atoms with Crippen LogP contribution in [-0.4, -0.2) is 4.57 Å². The number of nitrogens with zero attached hydrogens (tertiary/aromatic N) is 1. The topological polar surface area (TPSA) is 29.0 Å². The Kier molecular flexibility index (Phi) is 11.3. The van der Waals surface area contributed by atoms with Crippen LogP contribution in [0.15, 0.2) is 201 Å². The van der Waals surface area contributed by atoms with Crippen LogP contribution >= 0.6 is 0 Å². The largest absolute Gasteiger partial charge is 0.366 e. The SMILES string of the molecule is C/C=C\C.C=C/C=C\C.c1ccc(-n2c3ccccc3c3cc(C4Nc5ccccc5C(c5ccc(-c6cccc7ccccc67)cc5)N4)ccc32)cc1. The molecule has 0 saturated carbocycles. The molecule has 0 bridgehead atoms. The molecule has 0 amide bonds. The first-order chi connectivity index (χ1) is 26.6. The van der Waals surface area contributed by atoms with E-state index in [4.69, 9.17) is 0 Å². The minimum atomic E-state index is -0.0501. The lowest BCUT2D eigenvalue weighted by molar-refractivity contribution is 0.506. The number of benzene rings is 7. The zero-order valence-electron chi connectivity index (χ0n) is 31.3. The molecule has 0 saturated heterocycles. The second-order valence-electron chi connectivity index (χ2n) is 13.3. The van der Waals surface area contributed by atoms with Crippen LogP contribution in [0.25, 0.3) is 49.4 Å². The number of nitrogens with one attached hydrogen (secondary N) is 2. The van der Waals surface area contributed by atoms with Crippen molar-refractivity contribution < 1.29 is 0 Å². The predicted molar refractivity (Wildman–Crippen MR) is 233 cm³/mol. The summed E-state index contributed by atoms with van der Waals surface area (Å²) in [5.74, 6) is 0. The van der Waals surface area contributed by atoms with Gasteiger partial charge in [-0.2, -0.15) is 0 Å². The summed E-state index contributed by atoms with van der Waals surface area (Å²) in [5, 5.41) is 12.8. The molecule has 0 spiro atoms. The molecule has 2 heterocycles. The van der Waals surface area contributed by atoms with E-state index < -0.39 is 0 Å². The van der Waals surface area contributed by atoms with Crippen molar-refractivity contribution in [3.05, 3.63) is 217 Å². The van der Waals surface area contributed by atoms with Gasteiger partial charge in [-0.25, -0.2) is 0 Å². The van der Waals surface area contributed by atoms with Crippen LogP contribution in [0.1, 0.15) is 49.7 Å². The van der Waals surface area contributed by atoms with Crippen LogP contribution in [0.3, 0.4) is 0 Å². The van der Waals surface area contributed by atoms with Crippen LogP contribution in [0.4, 0.5) is 5.69 Å². The van der Waals surface area contributed by atoms with Crippen LogP contribution in [0.5, 0.6) is 0 Å². The van der Waals surface area contributed by atoms with E-state index in [9.17, 15) is 0 Å². The first-order valence-electron chi connectivity index (χ1n) is 18.7. The Morgan fingerprint density at radius 2 is 1.20 bits per heavy atom. The summed E-state index contributed by atoms with van der Waals surface area (Å²) in [7, 11) is 0. The van der Waals surface area contributed by atoms with Gasteiger partial charge >= 0.3 is 0 Å². The Labute approximate surface area is 319 Å². The quantitative estimate of drug-likeness (QED) is 0.138. The molecule has 54 heavy (non-hydrogen) atoms. The number of rotatable bonds is 5. The molecule has 3 heteroatoms. The monoisotopic (exact) mass is 701 g/mol. The second-order valence-corrected chi connectivity index (χ2v) is 13.3. The normalized spacial score (nSPS) is 14.9. The fourth-order valence-corrected chi connectivity index (χ4v) is 7.28. The Balaban J connectivity index is 0.000000452. The molecule has 0 radical (unpaired) electrons. The summed E-state index contributed by atoms with van der Waals surface area (Å²) < 4.78 is 2.37. The van der Waals surface area contributed by atoms with Crippen molar-refractivity contribution in [1.82, 2.24) is 9.88 Å². The first kappa shape index (κ1) is 36.0. The number of hydrogen-bond acceptors (Lipinski definition) is 2. The molecule has 0 aliphatic carbocycles. The molecule has 2 N–H and O–H groups in total. The number of fused-ring (bicyclic) bond motifs is 5. The average molecular weight is 702 g/mol. The predicted octanol–water partition coefficient (Wildman–Crippen LogP) is 13.7. The van der Waals surface area contributed by atoms with Crippen LogP contribution in [-0.2, 0) is 0 Å². The van der Waals surface area contributed by atoms with Crippen molar-refractivity contribution in [1.29, 1.82) is 0 Å². The molecule has 0 fully saturated rings. The third kappa shape index (κ3) is 7.41. The van der Waals surface area contributed by atoms with Gasteiger partial charge in [0.15, 0.2) is 0 Å². The van der Waals surface area contributed by atoms with Crippen molar-refractivity contribution in [3.8, 4) is 16.8 Å². The van der Waals surface area contributed by atoms with Crippen LogP contribution in [0, 0.1) is 0 Å². The van der Waals surface area contributed by atoms with Gasteiger partial charge in [-0.3, -0.25) is 5.32 Å². The zero-order chi connectivity index (χ0) is 37.3. The number of para-hydroxylation sites is 3. The van der Waals surface area contributed by atoms with E-state index in [1.54, 1.807) is 6.08 Å². The van der Waals surface area contributed by atoms with Crippen molar-refractivity contribution in [2.45, 2.75) is 33.0 Å². The molecular weight excluding hydrogens is 655 g/mol. The van der Waals surface area contributed by atoms with Gasteiger partial charge in [0.2, 0.25) is 0 Å². The van der Waals surface area contributed by atoms with Gasteiger partial charge in [0.05, 0.1) is 17.1 Å². The summed E-state index contributed by atoms with van der Waals surface area (Å²) in [6, 6.07) is 59.2. The van der Waals surface area contributed by atoms with Gasteiger partial charge in [0, 0.05) is 22.1 Å². The molecule has 9 rings (SSSR count). The maximum Gasteiger partial charge on any atom is 0.104 e. The highest BCUT2D eigenvalue weighted by Crippen LogP contribution is 2.40. The summed E-state index contributed by atoms with van der Waals surface area (Å²) in [6.45, 7) is 9.42. The number of anilines is 1. The van der Waals surface area contributed by atoms with E-state index in [2.05, 4.69) is 186 Å². The maximum absolute atomic E-state index is 3.96. The van der Waals surface area contributed by atoms with E-state index in [1.807, 2.05) is 45.1 Å². The highest BCUT2D eigenvalue weighted by Gasteiger charge is 2.28. The fourth-order valence-electron chi connectivity index (χ4n) is 7.28. The maximum atomic E-state index is 3.96. The smallest absolute Gasteiger partial charge is 0.104 e. The van der Waals surface area contributed by atoms with E-state index >= 15 is 0 Å². The number of hydrogen-bond donors (Lipinski definition) is 2. The molecular formula is C51H47N3. The zero-order valence-corrected chi connectivity index (χ0v) is 31.3. The molecule has 2 unspecified atom stereocenters. The third-order valence-corrected chi connectivity index (χ3v) is 9.96. The highest BCUT2D eigenvalue weighted by atomic mass is 15.2. The minimum Gasteiger partial charge on any atom is -0.366 e. The van der Waals surface area contributed by atoms with Gasteiger partial charge in [-0.05, 0) is 95.8 Å². The standard InChI is InChI=1S/C42H31N3.C5H8.C4H8/c1-2-13-32(14-3-1)45-39-20-9-7-16-35(39)37-27-31(25-26-40(37)45)42-43-38-19-8-6-17-36(38)41(44-42)30-23-21-29(22-24-30)34-18-10-12-28-11-4-5-15-33(28)34;1-3-5-4-2;1-3-4-2/h1-27,41-44H;3-5H,1H2,2H3;3-4H,1-2H3/b;5-4-;4-3-. The summed E-state index contributed by atoms with van der Waals surface area (Å²) in [4.78, 5) is 0. The lowest BCUT2D eigenvalue weighted by Gasteiger charge is -2.35. The lowest BCUT2D eigenvalue weighted by atomic mass is 9.91. The second kappa shape index (κ2) is 16.9. The van der Waals surface area contributed by atoms with Crippen molar-refractivity contribution in [3.63, 3.8) is 0 Å². The van der Waals surface area contributed by atoms with E-state index in [0.29, 0.717) is 0 Å². The molecule has 1 aliphatic rings. The number of aromatic nitrogens is 1. The Morgan fingerprint density at radius 3 is 1.94 bits per heavy atom. The van der Waals surface area contributed by atoms with Crippen LogP contribution in [0.2, 0.25) is 0 Å². The Bertz CT molecular complexity index is 2550. The lowest BCUT2D eigenvalue weighted by Crippen LogP contribution is -2.37. The average Bonchev–Trinajstić information content (AvgIpc) is 3.58. The van der Waals surface area contributed by atoms with Crippen molar-refractivity contribution in [2.75, 3.05) is 5.32 Å². The van der Waals surface area contributed by atoms with Gasteiger partial charge in [-0.15, -0.1) is 0 Å². The summed E-state index contributed by atoms with van der Waals surface area (Å²) in [6.07, 6.45) is 9.53. The van der Waals surface area contributed by atoms with Crippen LogP contribution < -0.4 is 10.6 Å². The summed E-state index contributed by atoms with van der Waals surface area (Å²) >= 11 is 0. The minimum absolute atomic E-state index is 0.0501.